The van der Waals surface area contributed by atoms with E-state index >= 15 is 0 Å². The Labute approximate surface area is 87.5 Å². The third kappa shape index (κ3) is 2.12. The van der Waals surface area contributed by atoms with E-state index in [0.29, 0.717) is 12.4 Å². The Bertz CT molecular complexity index is 439. The Hall–Kier alpha value is -1.91. The van der Waals surface area contributed by atoms with E-state index in [0.717, 1.165) is 11.3 Å². The Kier molecular flexibility index (Phi) is 2.62. The molecule has 0 saturated heterocycles. The highest BCUT2D eigenvalue weighted by Gasteiger charge is 2.03. The molecule has 0 aliphatic carbocycles. The van der Waals surface area contributed by atoms with Crippen molar-refractivity contribution < 1.29 is 4.74 Å². The Morgan fingerprint density at radius 3 is 2.93 bits per heavy atom. The number of H-pyrrole nitrogens is 1. The van der Waals surface area contributed by atoms with Crippen LogP contribution in [0.2, 0.25) is 0 Å². The summed E-state index contributed by atoms with van der Waals surface area (Å²) in [6, 6.07) is 5.95. The van der Waals surface area contributed by atoms with E-state index < -0.39 is 0 Å². The van der Waals surface area contributed by atoms with Gasteiger partial charge in [0.15, 0.2) is 6.61 Å². The highest BCUT2D eigenvalue weighted by atomic mass is 16.5. The summed E-state index contributed by atoms with van der Waals surface area (Å²) in [6.45, 7) is 4.41. The number of nitrogens with one attached hydrogen (secondary N) is 1. The highest BCUT2D eigenvalue weighted by molar-refractivity contribution is 5.38. The van der Waals surface area contributed by atoms with Gasteiger partial charge >= 0.3 is 0 Å². The van der Waals surface area contributed by atoms with Gasteiger partial charge in [0, 0.05) is 0 Å². The zero-order valence-corrected chi connectivity index (χ0v) is 8.69. The zero-order chi connectivity index (χ0) is 10.7. The minimum Gasteiger partial charge on any atom is -0.485 e. The molecule has 0 amide bonds. The van der Waals surface area contributed by atoms with E-state index in [1.807, 2.05) is 19.1 Å². The third-order valence-corrected chi connectivity index (χ3v) is 2.30. The van der Waals surface area contributed by atoms with E-state index in [1.54, 1.807) is 0 Å². The molecule has 5 heteroatoms. The molecule has 0 spiro atoms. The maximum absolute atomic E-state index is 5.58. The van der Waals surface area contributed by atoms with Crippen LogP contribution >= 0.6 is 0 Å². The average molecular weight is 204 g/mol. The minimum absolute atomic E-state index is 0.334. The van der Waals surface area contributed by atoms with Crippen molar-refractivity contribution in [1.29, 1.82) is 0 Å². The second-order valence-corrected chi connectivity index (χ2v) is 3.31. The Morgan fingerprint density at radius 1 is 1.33 bits per heavy atom. The first-order chi connectivity index (χ1) is 7.27. The maximum atomic E-state index is 5.58. The van der Waals surface area contributed by atoms with Crippen molar-refractivity contribution in [3.63, 3.8) is 0 Å². The topological polar surface area (TPSA) is 63.7 Å². The molecule has 0 aliphatic rings. The van der Waals surface area contributed by atoms with Gasteiger partial charge in [-0.2, -0.15) is 5.21 Å². The number of aromatic amines is 1. The number of hydrogen-bond acceptors (Lipinski definition) is 4. The maximum Gasteiger partial charge on any atom is 0.211 e. The molecule has 0 saturated carbocycles. The molecule has 0 unspecified atom stereocenters. The van der Waals surface area contributed by atoms with Crippen LogP contribution in [0, 0.1) is 13.8 Å². The van der Waals surface area contributed by atoms with E-state index in [9.17, 15) is 0 Å². The van der Waals surface area contributed by atoms with E-state index in [2.05, 4.69) is 33.6 Å². The second kappa shape index (κ2) is 4.08. The van der Waals surface area contributed by atoms with Gasteiger partial charge < -0.3 is 4.74 Å². The molecule has 1 N–H and O–H groups in total. The van der Waals surface area contributed by atoms with Crippen LogP contribution in [0.5, 0.6) is 5.75 Å². The Balaban J connectivity index is 2.08. The van der Waals surface area contributed by atoms with Crippen molar-refractivity contribution in [1.82, 2.24) is 20.6 Å². The SMILES string of the molecule is Cc1cccc(OCc2nn[nH]n2)c1C. The molecule has 1 aromatic heterocycles. The normalized spacial score (nSPS) is 10.3. The minimum atomic E-state index is 0.334. The van der Waals surface area contributed by atoms with Crippen LogP contribution in [0.15, 0.2) is 18.2 Å². The first-order valence-corrected chi connectivity index (χ1v) is 4.68. The number of rotatable bonds is 3. The van der Waals surface area contributed by atoms with E-state index in [4.69, 9.17) is 4.74 Å². The summed E-state index contributed by atoms with van der Waals surface area (Å²) < 4.78 is 5.58. The molecule has 5 nitrogen and oxygen atoms in total. The van der Waals surface area contributed by atoms with Crippen molar-refractivity contribution in [2.45, 2.75) is 20.5 Å². The monoisotopic (exact) mass is 204 g/mol. The first-order valence-electron chi connectivity index (χ1n) is 4.68. The molecule has 0 fully saturated rings. The molecule has 1 aromatic carbocycles. The summed E-state index contributed by atoms with van der Waals surface area (Å²) in [5.41, 5.74) is 2.35. The average Bonchev–Trinajstić information content (AvgIpc) is 2.73. The Morgan fingerprint density at radius 2 is 2.20 bits per heavy atom. The second-order valence-electron chi connectivity index (χ2n) is 3.31. The molecule has 2 rings (SSSR count). The predicted octanol–water partition coefficient (Wildman–Crippen LogP) is 1.40. The van der Waals surface area contributed by atoms with Gasteiger partial charge in [0.1, 0.15) is 5.75 Å². The number of tetrazole rings is 1. The van der Waals surface area contributed by atoms with Crippen molar-refractivity contribution in [2.24, 2.45) is 0 Å². The van der Waals surface area contributed by atoms with Crippen LogP contribution in [0.3, 0.4) is 0 Å². The number of aryl methyl sites for hydroxylation is 1. The van der Waals surface area contributed by atoms with Crippen LogP contribution in [0.4, 0.5) is 0 Å². The van der Waals surface area contributed by atoms with Crippen LogP contribution in [-0.2, 0) is 6.61 Å². The smallest absolute Gasteiger partial charge is 0.211 e. The summed E-state index contributed by atoms with van der Waals surface area (Å²) in [5.74, 6) is 1.41. The third-order valence-electron chi connectivity index (χ3n) is 2.30. The highest BCUT2D eigenvalue weighted by Crippen LogP contribution is 2.20. The number of ether oxygens (including phenoxy) is 1. The van der Waals surface area contributed by atoms with Crippen LogP contribution in [-0.4, -0.2) is 20.6 Å². The lowest BCUT2D eigenvalue weighted by molar-refractivity contribution is 0.293. The summed E-state index contributed by atoms with van der Waals surface area (Å²) >= 11 is 0. The van der Waals surface area contributed by atoms with Crippen molar-refractivity contribution in [3.05, 3.63) is 35.2 Å². The van der Waals surface area contributed by atoms with Gasteiger partial charge in [-0.15, -0.1) is 10.2 Å². The van der Waals surface area contributed by atoms with Gasteiger partial charge in [0.2, 0.25) is 5.82 Å². The van der Waals surface area contributed by atoms with Crippen LogP contribution in [0.1, 0.15) is 17.0 Å². The lowest BCUT2D eigenvalue weighted by Crippen LogP contribution is -1.99. The summed E-state index contributed by atoms with van der Waals surface area (Å²) in [5, 5.41) is 13.5. The van der Waals surface area contributed by atoms with Crippen molar-refractivity contribution in [3.8, 4) is 5.75 Å². The fourth-order valence-corrected chi connectivity index (χ4v) is 1.27. The van der Waals surface area contributed by atoms with E-state index in [1.165, 1.54) is 5.56 Å². The molecule has 0 aliphatic heterocycles. The number of benzene rings is 1. The van der Waals surface area contributed by atoms with Gasteiger partial charge in [-0.05, 0) is 31.0 Å². The van der Waals surface area contributed by atoms with Gasteiger partial charge in [-0.3, -0.25) is 0 Å². The standard InChI is InChI=1S/C10H12N4O/c1-7-4-3-5-9(8(7)2)15-6-10-11-13-14-12-10/h3-5H,6H2,1-2H3,(H,11,12,13,14). The molecule has 0 bridgehead atoms. The van der Waals surface area contributed by atoms with E-state index in [-0.39, 0.29) is 0 Å². The fraction of sp³-hybridized carbons (Fsp3) is 0.300. The molecular formula is C10H12N4O. The molecule has 0 atom stereocenters. The van der Waals surface area contributed by atoms with Crippen molar-refractivity contribution >= 4 is 0 Å². The van der Waals surface area contributed by atoms with Crippen LogP contribution < -0.4 is 4.74 Å². The molecule has 2 aromatic rings. The molecular weight excluding hydrogens is 192 g/mol. The number of nitrogens with zero attached hydrogens (tertiary/aromatic N) is 3. The first kappa shape index (κ1) is 9.64. The fourth-order valence-electron chi connectivity index (χ4n) is 1.27. The van der Waals surface area contributed by atoms with Crippen molar-refractivity contribution in [2.75, 3.05) is 0 Å². The van der Waals surface area contributed by atoms with Gasteiger partial charge in [-0.1, -0.05) is 17.3 Å². The largest absolute Gasteiger partial charge is 0.485 e. The molecule has 0 radical (unpaired) electrons. The lowest BCUT2D eigenvalue weighted by Gasteiger charge is -2.08. The quantitative estimate of drug-likeness (QED) is 0.820. The van der Waals surface area contributed by atoms with Gasteiger partial charge in [-0.25, -0.2) is 0 Å². The molecule has 1 heterocycles. The number of aromatic nitrogens is 4. The predicted molar refractivity (Wildman–Crippen MR) is 54.4 cm³/mol. The lowest BCUT2D eigenvalue weighted by atomic mass is 10.1. The molecule has 15 heavy (non-hydrogen) atoms. The van der Waals surface area contributed by atoms with Crippen LogP contribution in [0.25, 0.3) is 0 Å². The summed E-state index contributed by atoms with van der Waals surface area (Å²) in [4.78, 5) is 0. The zero-order valence-electron chi connectivity index (χ0n) is 8.69. The molecule has 78 valence electrons. The summed E-state index contributed by atoms with van der Waals surface area (Å²) in [7, 11) is 0. The van der Waals surface area contributed by atoms with Gasteiger partial charge in [0.25, 0.3) is 0 Å². The summed E-state index contributed by atoms with van der Waals surface area (Å²) in [6.07, 6.45) is 0. The number of hydrogen-bond donors (Lipinski definition) is 1. The van der Waals surface area contributed by atoms with Gasteiger partial charge in [0.05, 0.1) is 0 Å².